The van der Waals surface area contributed by atoms with Crippen LogP contribution in [-0.2, 0) is 0 Å². The van der Waals surface area contributed by atoms with Crippen molar-refractivity contribution in [2.45, 2.75) is 13.3 Å². The molecule has 5 nitrogen and oxygen atoms in total. The number of pyridine rings is 1. The zero-order valence-corrected chi connectivity index (χ0v) is 8.59. The fraction of sp³-hybridized carbons (Fsp3) is 0.300. The zero-order valence-electron chi connectivity index (χ0n) is 8.59. The van der Waals surface area contributed by atoms with E-state index in [0.717, 1.165) is 17.7 Å². The van der Waals surface area contributed by atoms with Crippen LogP contribution in [0.3, 0.4) is 0 Å². The van der Waals surface area contributed by atoms with E-state index in [-0.39, 0.29) is 0 Å². The van der Waals surface area contributed by atoms with Crippen LogP contribution in [0.5, 0.6) is 0 Å². The van der Waals surface area contributed by atoms with Gasteiger partial charge in [0.1, 0.15) is 0 Å². The molecule has 0 bridgehead atoms. The molecule has 0 aromatic carbocycles. The Morgan fingerprint density at radius 3 is 3.13 bits per heavy atom. The van der Waals surface area contributed by atoms with Crippen LogP contribution in [0.15, 0.2) is 23.5 Å². The summed E-state index contributed by atoms with van der Waals surface area (Å²) in [6.45, 7) is 2.41. The quantitative estimate of drug-likeness (QED) is 0.353. The van der Waals surface area contributed by atoms with Crippen molar-refractivity contribution in [1.29, 1.82) is 0 Å². The highest BCUT2D eigenvalue weighted by molar-refractivity contribution is 5.52. The maximum Gasteiger partial charge on any atom is 0.0630 e. The SMILES string of the molecule is Cc1cc(C=CCCN=[N+]=[N-])ncc1N. The Bertz CT molecular complexity index is 404. The van der Waals surface area contributed by atoms with Gasteiger partial charge in [-0.3, -0.25) is 4.98 Å². The second-order valence-electron chi connectivity index (χ2n) is 3.11. The van der Waals surface area contributed by atoms with Crippen LogP contribution in [0.4, 0.5) is 5.69 Å². The Kier molecular flexibility index (Phi) is 4.19. The minimum Gasteiger partial charge on any atom is -0.397 e. The molecule has 15 heavy (non-hydrogen) atoms. The third-order valence-electron chi connectivity index (χ3n) is 1.92. The molecule has 2 N–H and O–H groups in total. The van der Waals surface area contributed by atoms with Gasteiger partial charge < -0.3 is 5.73 Å². The molecule has 0 radical (unpaired) electrons. The van der Waals surface area contributed by atoms with Crippen molar-refractivity contribution in [2.24, 2.45) is 5.11 Å². The number of hydrogen-bond donors (Lipinski definition) is 1. The predicted molar refractivity (Wildman–Crippen MR) is 61.1 cm³/mol. The van der Waals surface area contributed by atoms with Gasteiger partial charge in [0.2, 0.25) is 0 Å². The van der Waals surface area contributed by atoms with Crippen molar-refractivity contribution < 1.29 is 0 Å². The van der Waals surface area contributed by atoms with Gasteiger partial charge in [0.05, 0.1) is 17.6 Å². The molecule has 0 unspecified atom stereocenters. The van der Waals surface area contributed by atoms with Gasteiger partial charge in [0, 0.05) is 11.5 Å². The van der Waals surface area contributed by atoms with E-state index in [4.69, 9.17) is 11.3 Å². The minimum absolute atomic E-state index is 0.473. The van der Waals surface area contributed by atoms with Crippen molar-refractivity contribution in [3.63, 3.8) is 0 Å². The molecule has 1 heterocycles. The summed E-state index contributed by atoms with van der Waals surface area (Å²) >= 11 is 0. The largest absolute Gasteiger partial charge is 0.397 e. The van der Waals surface area contributed by atoms with Crippen LogP contribution >= 0.6 is 0 Å². The lowest BCUT2D eigenvalue weighted by Gasteiger charge is -1.99. The Labute approximate surface area is 88.3 Å². The van der Waals surface area contributed by atoms with E-state index in [0.29, 0.717) is 12.2 Å². The molecule has 0 saturated heterocycles. The number of nitrogens with zero attached hydrogens (tertiary/aromatic N) is 4. The van der Waals surface area contributed by atoms with Crippen LogP contribution < -0.4 is 5.73 Å². The standard InChI is InChI=1S/C10H13N5/c1-8-6-9(13-7-10(8)11)4-2-3-5-14-15-12/h2,4,6-7H,3,5,11H2,1H3. The summed E-state index contributed by atoms with van der Waals surface area (Å²) in [5.74, 6) is 0. The number of aromatic nitrogens is 1. The highest BCUT2D eigenvalue weighted by Crippen LogP contribution is 2.10. The fourth-order valence-electron chi connectivity index (χ4n) is 1.06. The van der Waals surface area contributed by atoms with E-state index in [1.54, 1.807) is 6.20 Å². The molecule has 0 aliphatic rings. The smallest absolute Gasteiger partial charge is 0.0630 e. The summed E-state index contributed by atoms with van der Waals surface area (Å²) in [5, 5.41) is 3.42. The topological polar surface area (TPSA) is 87.7 Å². The lowest BCUT2D eigenvalue weighted by atomic mass is 10.2. The number of nitrogen functional groups attached to an aromatic ring is 1. The first kappa shape index (κ1) is 11.1. The number of rotatable bonds is 4. The van der Waals surface area contributed by atoms with Crippen LogP contribution in [0.25, 0.3) is 16.5 Å². The van der Waals surface area contributed by atoms with E-state index >= 15 is 0 Å². The second-order valence-corrected chi connectivity index (χ2v) is 3.11. The van der Waals surface area contributed by atoms with Gasteiger partial charge in [-0.1, -0.05) is 11.2 Å². The van der Waals surface area contributed by atoms with Gasteiger partial charge in [-0.25, -0.2) is 0 Å². The first-order valence-electron chi connectivity index (χ1n) is 4.63. The summed E-state index contributed by atoms with van der Waals surface area (Å²) in [4.78, 5) is 6.81. The maximum absolute atomic E-state index is 8.06. The fourth-order valence-corrected chi connectivity index (χ4v) is 1.06. The van der Waals surface area contributed by atoms with Gasteiger partial charge in [-0.2, -0.15) is 0 Å². The van der Waals surface area contributed by atoms with Crippen LogP contribution in [0.1, 0.15) is 17.7 Å². The molecule has 1 aromatic heterocycles. The van der Waals surface area contributed by atoms with Crippen molar-refractivity contribution in [3.8, 4) is 0 Å². The maximum atomic E-state index is 8.06. The number of nitrogens with two attached hydrogens (primary N) is 1. The van der Waals surface area contributed by atoms with Gasteiger partial charge in [0.15, 0.2) is 0 Å². The summed E-state index contributed by atoms with van der Waals surface area (Å²) < 4.78 is 0. The van der Waals surface area contributed by atoms with Crippen molar-refractivity contribution in [3.05, 3.63) is 40.0 Å². The van der Waals surface area contributed by atoms with Gasteiger partial charge in [-0.15, -0.1) is 0 Å². The normalized spacial score (nSPS) is 10.2. The average Bonchev–Trinajstić information content (AvgIpc) is 2.23. The highest BCUT2D eigenvalue weighted by atomic mass is 15.1. The summed E-state index contributed by atoms with van der Waals surface area (Å²) in [5.41, 5.74) is 16.3. The molecule has 0 spiro atoms. The van der Waals surface area contributed by atoms with Crippen LogP contribution in [0, 0.1) is 6.92 Å². The lowest BCUT2D eigenvalue weighted by molar-refractivity contribution is 0.995. The molecule has 78 valence electrons. The molecule has 5 heteroatoms. The van der Waals surface area contributed by atoms with Crippen LogP contribution in [0.2, 0.25) is 0 Å². The van der Waals surface area contributed by atoms with E-state index in [1.807, 2.05) is 25.1 Å². The van der Waals surface area contributed by atoms with Gasteiger partial charge in [0.25, 0.3) is 0 Å². The molecule has 1 aromatic rings. The van der Waals surface area contributed by atoms with Gasteiger partial charge in [-0.05, 0) is 36.6 Å². The molecular formula is C10H13N5. The number of hydrogen-bond acceptors (Lipinski definition) is 3. The Morgan fingerprint density at radius 2 is 2.47 bits per heavy atom. The van der Waals surface area contributed by atoms with Crippen molar-refractivity contribution in [1.82, 2.24) is 4.98 Å². The first-order chi connectivity index (χ1) is 7.24. The number of anilines is 1. The number of azide groups is 1. The van der Waals surface area contributed by atoms with Crippen molar-refractivity contribution in [2.75, 3.05) is 12.3 Å². The van der Waals surface area contributed by atoms with E-state index in [1.165, 1.54) is 0 Å². The van der Waals surface area contributed by atoms with E-state index in [2.05, 4.69) is 15.0 Å². The van der Waals surface area contributed by atoms with E-state index < -0.39 is 0 Å². The second kappa shape index (κ2) is 5.67. The average molecular weight is 203 g/mol. The van der Waals surface area contributed by atoms with Crippen LogP contribution in [-0.4, -0.2) is 11.5 Å². The van der Waals surface area contributed by atoms with Crippen molar-refractivity contribution >= 4 is 11.8 Å². The predicted octanol–water partition coefficient (Wildman–Crippen LogP) is 2.69. The monoisotopic (exact) mass is 203 g/mol. The molecule has 1 rings (SSSR count). The minimum atomic E-state index is 0.473. The zero-order chi connectivity index (χ0) is 11.1. The summed E-state index contributed by atoms with van der Waals surface area (Å²) in [6, 6.07) is 1.92. The third kappa shape index (κ3) is 3.70. The molecular weight excluding hydrogens is 190 g/mol. The Morgan fingerprint density at radius 1 is 1.67 bits per heavy atom. The summed E-state index contributed by atoms with van der Waals surface area (Å²) in [7, 11) is 0. The van der Waals surface area contributed by atoms with E-state index in [9.17, 15) is 0 Å². The molecule has 0 amide bonds. The van der Waals surface area contributed by atoms with Gasteiger partial charge >= 0.3 is 0 Å². The Balaban J connectivity index is 2.56. The number of aryl methyl sites for hydroxylation is 1. The third-order valence-corrected chi connectivity index (χ3v) is 1.92. The molecule has 0 saturated carbocycles. The molecule has 0 aliphatic carbocycles. The highest BCUT2D eigenvalue weighted by Gasteiger charge is 1.94. The molecule has 0 fully saturated rings. The summed E-state index contributed by atoms with van der Waals surface area (Å²) in [6.07, 6.45) is 6.17. The lowest BCUT2D eigenvalue weighted by Crippen LogP contribution is -1.92. The molecule has 0 aliphatic heterocycles. The first-order valence-corrected chi connectivity index (χ1v) is 4.63. The Hall–Kier alpha value is -2.00. The molecule has 0 atom stereocenters.